The topological polar surface area (TPSA) is 65.5 Å². The van der Waals surface area contributed by atoms with Gasteiger partial charge >= 0.3 is 0 Å². The van der Waals surface area contributed by atoms with Crippen LogP contribution in [0.25, 0.3) is 0 Å². The van der Waals surface area contributed by atoms with E-state index in [-0.39, 0.29) is 5.91 Å². The largest absolute Gasteiger partial charge is 0.389 e. The average molecular weight is 237 g/mol. The molecule has 17 heavy (non-hydrogen) atoms. The molecule has 1 heterocycles. The van der Waals surface area contributed by atoms with Crippen LogP contribution in [-0.4, -0.2) is 47.1 Å². The number of rotatable bonds is 4. The van der Waals surface area contributed by atoms with Crippen LogP contribution in [0.5, 0.6) is 0 Å². The fraction of sp³-hybridized carbons (Fsp3) is 0.500. The van der Waals surface area contributed by atoms with Crippen LogP contribution in [0.1, 0.15) is 24.2 Å². The van der Waals surface area contributed by atoms with Gasteiger partial charge in [-0.3, -0.25) is 4.79 Å². The van der Waals surface area contributed by atoms with Crippen LogP contribution < -0.4 is 5.32 Å². The van der Waals surface area contributed by atoms with Crippen molar-refractivity contribution in [3.05, 3.63) is 23.9 Å². The molecule has 0 unspecified atom stereocenters. The average Bonchev–Trinajstić information content (AvgIpc) is 2.25. The summed E-state index contributed by atoms with van der Waals surface area (Å²) in [6.07, 6.45) is 1.52. The zero-order valence-corrected chi connectivity index (χ0v) is 10.7. The molecule has 94 valence electrons. The maximum atomic E-state index is 11.6. The predicted octanol–water partition coefficient (Wildman–Crippen LogP) is 0.966. The Hall–Kier alpha value is -1.62. The second-order valence-electron chi connectivity index (χ2n) is 4.80. The van der Waals surface area contributed by atoms with Crippen LogP contribution in [0.2, 0.25) is 0 Å². The number of nitrogens with one attached hydrogen (secondary N) is 1. The van der Waals surface area contributed by atoms with E-state index in [4.69, 9.17) is 0 Å². The van der Waals surface area contributed by atoms with Crippen molar-refractivity contribution >= 4 is 11.7 Å². The molecule has 0 saturated carbocycles. The normalized spacial score (nSPS) is 11.1. The molecule has 0 aromatic carbocycles. The minimum atomic E-state index is -0.792. The zero-order chi connectivity index (χ0) is 13.1. The summed E-state index contributed by atoms with van der Waals surface area (Å²) in [5.41, 5.74) is -0.247. The summed E-state index contributed by atoms with van der Waals surface area (Å²) in [4.78, 5) is 17.2. The molecular weight excluding hydrogens is 218 g/mol. The number of nitrogens with zero attached hydrogens (tertiary/aromatic N) is 2. The molecule has 5 nitrogen and oxygen atoms in total. The van der Waals surface area contributed by atoms with Crippen molar-refractivity contribution < 1.29 is 9.90 Å². The first-order valence-electron chi connectivity index (χ1n) is 5.43. The quantitative estimate of drug-likeness (QED) is 0.819. The Morgan fingerprint density at radius 2 is 2.12 bits per heavy atom. The summed E-state index contributed by atoms with van der Waals surface area (Å²) in [6.45, 7) is 3.83. The van der Waals surface area contributed by atoms with Crippen LogP contribution in [0.4, 0.5) is 5.82 Å². The molecule has 0 spiro atoms. The van der Waals surface area contributed by atoms with Crippen molar-refractivity contribution in [1.29, 1.82) is 0 Å². The number of carbonyl (C=O) groups excluding carboxylic acids is 1. The highest BCUT2D eigenvalue weighted by atomic mass is 16.3. The third kappa shape index (κ3) is 4.40. The zero-order valence-electron chi connectivity index (χ0n) is 10.7. The third-order valence-electron chi connectivity index (χ3n) is 2.12. The predicted molar refractivity (Wildman–Crippen MR) is 67.0 cm³/mol. The Labute approximate surface area is 101 Å². The van der Waals surface area contributed by atoms with E-state index in [1.165, 1.54) is 11.1 Å². The molecule has 1 amide bonds. The molecule has 5 heteroatoms. The van der Waals surface area contributed by atoms with Gasteiger partial charge in [0.1, 0.15) is 5.82 Å². The van der Waals surface area contributed by atoms with E-state index in [2.05, 4.69) is 10.3 Å². The van der Waals surface area contributed by atoms with Gasteiger partial charge in [-0.1, -0.05) is 0 Å². The number of aromatic nitrogens is 1. The van der Waals surface area contributed by atoms with Crippen molar-refractivity contribution in [3.8, 4) is 0 Å². The molecule has 0 fully saturated rings. The Bertz CT molecular complexity index is 380. The smallest absolute Gasteiger partial charge is 0.254 e. The van der Waals surface area contributed by atoms with Gasteiger partial charge in [0.05, 0.1) is 11.2 Å². The molecule has 1 aromatic rings. The number of anilines is 1. The van der Waals surface area contributed by atoms with E-state index in [9.17, 15) is 9.90 Å². The van der Waals surface area contributed by atoms with Gasteiger partial charge in [-0.05, 0) is 26.0 Å². The van der Waals surface area contributed by atoms with Gasteiger partial charge in [0.2, 0.25) is 0 Å². The van der Waals surface area contributed by atoms with Gasteiger partial charge in [-0.15, -0.1) is 0 Å². The number of hydrogen-bond donors (Lipinski definition) is 2. The summed E-state index contributed by atoms with van der Waals surface area (Å²) < 4.78 is 0. The van der Waals surface area contributed by atoms with Gasteiger partial charge in [0.25, 0.3) is 5.91 Å². The van der Waals surface area contributed by atoms with E-state index in [0.29, 0.717) is 17.9 Å². The van der Waals surface area contributed by atoms with E-state index < -0.39 is 5.60 Å². The lowest BCUT2D eigenvalue weighted by Crippen LogP contribution is -2.29. The Kier molecular flexibility index (Phi) is 4.07. The molecule has 0 saturated heterocycles. The highest BCUT2D eigenvalue weighted by Crippen LogP contribution is 2.08. The highest BCUT2D eigenvalue weighted by Gasteiger charge is 2.12. The van der Waals surface area contributed by atoms with Gasteiger partial charge in [-0.25, -0.2) is 4.98 Å². The second-order valence-corrected chi connectivity index (χ2v) is 4.80. The maximum absolute atomic E-state index is 11.6. The minimum Gasteiger partial charge on any atom is -0.389 e. The van der Waals surface area contributed by atoms with Gasteiger partial charge < -0.3 is 15.3 Å². The van der Waals surface area contributed by atoms with E-state index >= 15 is 0 Å². The van der Waals surface area contributed by atoms with E-state index in [1.807, 2.05) is 0 Å². The molecule has 0 bridgehead atoms. The molecule has 0 radical (unpaired) electrons. The summed E-state index contributed by atoms with van der Waals surface area (Å²) >= 11 is 0. The lowest BCUT2D eigenvalue weighted by Gasteiger charge is -2.18. The fourth-order valence-electron chi connectivity index (χ4n) is 1.19. The maximum Gasteiger partial charge on any atom is 0.254 e. The van der Waals surface area contributed by atoms with Crippen molar-refractivity contribution in [2.45, 2.75) is 19.4 Å². The molecule has 0 aliphatic rings. The summed E-state index contributed by atoms with van der Waals surface area (Å²) in [5, 5.41) is 12.5. The SMILES string of the molecule is CN(C)C(=O)c1ccc(NCC(C)(C)O)nc1. The molecule has 1 rings (SSSR count). The Balaban J connectivity index is 2.66. The van der Waals surface area contributed by atoms with Gasteiger partial charge in [0.15, 0.2) is 0 Å². The van der Waals surface area contributed by atoms with Crippen LogP contribution in [0.3, 0.4) is 0 Å². The molecule has 1 aromatic heterocycles. The lowest BCUT2D eigenvalue weighted by molar-refractivity contribution is 0.0826. The highest BCUT2D eigenvalue weighted by molar-refractivity contribution is 5.93. The second kappa shape index (κ2) is 5.14. The molecule has 2 N–H and O–H groups in total. The first-order chi connectivity index (χ1) is 7.79. The van der Waals surface area contributed by atoms with Crippen molar-refractivity contribution in [3.63, 3.8) is 0 Å². The number of aliphatic hydroxyl groups is 1. The number of pyridine rings is 1. The summed E-state index contributed by atoms with van der Waals surface area (Å²) in [6, 6.07) is 3.44. The van der Waals surface area contributed by atoms with Crippen LogP contribution in [0.15, 0.2) is 18.3 Å². The lowest BCUT2D eigenvalue weighted by atomic mass is 10.1. The monoisotopic (exact) mass is 237 g/mol. The Morgan fingerprint density at radius 1 is 1.47 bits per heavy atom. The molecular formula is C12H19N3O2. The number of amides is 1. The summed E-state index contributed by atoms with van der Waals surface area (Å²) in [7, 11) is 3.39. The van der Waals surface area contributed by atoms with Crippen LogP contribution in [0, 0.1) is 0 Å². The standard InChI is InChI=1S/C12H19N3O2/c1-12(2,17)8-14-10-6-5-9(7-13-10)11(16)15(3)4/h5-7,17H,8H2,1-4H3,(H,13,14). The number of hydrogen-bond acceptors (Lipinski definition) is 4. The molecule has 0 aliphatic heterocycles. The Morgan fingerprint density at radius 3 is 2.53 bits per heavy atom. The van der Waals surface area contributed by atoms with Crippen molar-refractivity contribution in [2.24, 2.45) is 0 Å². The first kappa shape index (κ1) is 13.4. The van der Waals surface area contributed by atoms with Crippen LogP contribution >= 0.6 is 0 Å². The van der Waals surface area contributed by atoms with Gasteiger partial charge in [-0.2, -0.15) is 0 Å². The van der Waals surface area contributed by atoms with E-state index in [1.54, 1.807) is 40.1 Å². The minimum absolute atomic E-state index is 0.0773. The van der Waals surface area contributed by atoms with Crippen molar-refractivity contribution in [1.82, 2.24) is 9.88 Å². The molecule has 0 atom stereocenters. The van der Waals surface area contributed by atoms with Crippen LogP contribution in [-0.2, 0) is 0 Å². The number of carbonyl (C=O) groups is 1. The molecule has 0 aliphatic carbocycles. The summed E-state index contributed by atoms with van der Waals surface area (Å²) in [5.74, 6) is 0.564. The van der Waals surface area contributed by atoms with Gasteiger partial charge in [0, 0.05) is 26.8 Å². The van der Waals surface area contributed by atoms with E-state index in [0.717, 1.165) is 0 Å². The fourth-order valence-corrected chi connectivity index (χ4v) is 1.19. The van der Waals surface area contributed by atoms with Crippen molar-refractivity contribution in [2.75, 3.05) is 26.0 Å². The first-order valence-corrected chi connectivity index (χ1v) is 5.43. The third-order valence-corrected chi connectivity index (χ3v) is 2.12.